The summed E-state index contributed by atoms with van der Waals surface area (Å²) in [6, 6.07) is 0. The van der Waals surface area contributed by atoms with Gasteiger partial charge in [-0.15, -0.1) is 0 Å². The average molecular weight is 489 g/mol. The summed E-state index contributed by atoms with van der Waals surface area (Å²) >= 11 is 0. The summed E-state index contributed by atoms with van der Waals surface area (Å²) in [4.78, 5) is 52.9. The Kier molecular flexibility index (Phi) is 11.0. The fourth-order valence-corrected chi connectivity index (χ4v) is 5.75. The van der Waals surface area contributed by atoms with Crippen LogP contribution in [0.3, 0.4) is 0 Å². The minimum absolute atomic E-state index is 0.130. The predicted molar refractivity (Wildman–Crippen MR) is 137 cm³/mol. The summed E-state index contributed by atoms with van der Waals surface area (Å²) in [7, 11) is 0. The largest absolute Gasteiger partial charge is 0.480 e. The number of hydrogen-bond acceptors (Lipinski definition) is 4. The van der Waals surface area contributed by atoms with Crippen LogP contribution in [0.5, 0.6) is 0 Å². The van der Waals surface area contributed by atoms with Crippen LogP contribution >= 0.6 is 0 Å². The molecule has 0 aromatic rings. The van der Waals surface area contributed by atoms with Gasteiger partial charge in [-0.2, -0.15) is 0 Å². The van der Waals surface area contributed by atoms with Crippen molar-refractivity contribution in [3.8, 4) is 0 Å². The van der Waals surface area contributed by atoms with Gasteiger partial charge >= 0.3 is 5.97 Å². The fraction of sp³-hybridized carbons (Fsp3) is 0.867. The zero-order valence-electron chi connectivity index (χ0n) is 22.0. The SMILES string of the molecule is CCCCCCCCCCCCCCCC(C(=O)C1CC1)C(C(=O)O)(C(=O)C1CC1)C(=O)C1CC1. The van der Waals surface area contributed by atoms with Crippen LogP contribution in [0.25, 0.3) is 0 Å². The number of unbranched alkanes of at least 4 members (excludes halogenated alkanes) is 12. The molecule has 1 N–H and O–H groups in total. The first-order valence-corrected chi connectivity index (χ1v) is 14.8. The van der Waals surface area contributed by atoms with Gasteiger partial charge in [-0.1, -0.05) is 90.4 Å². The van der Waals surface area contributed by atoms with Crippen LogP contribution in [-0.4, -0.2) is 28.4 Å². The lowest BCUT2D eigenvalue weighted by Crippen LogP contribution is -2.56. The molecule has 1 atom stereocenters. The molecular weight excluding hydrogens is 440 g/mol. The molecule has 3 aliphatic rings. The maximum absolute atomic E-state index is 13.4. The Bertz CT molecular complexity index is 705. The molecule has 0 spiro atoms. The highest BCUT2D eigenvalue weighted by atomic mass is 16.4. The van der Waals surface area contributed by atoms with Gasteiger partial charge in [-0.25, -0.2) is 0 Å². The van der Waals surface area contributed by atoms with Gasteiger partial charge in [0.2, 0.25) is 0 Å². The molecule has 35 heavy (non-hydrogen) atoms. The molecular formula is C30H48O5. The van der Waals surface area contributed by atoms with E-state index in [-0.39, 0.29) is 23.5 Å². The number of ketones is 3. The summed E-state index contributed by atoms with van der Waals surface area (Å²) in [6.07, 6.45) is 20.2. The van der Waals surface area contributed by atoms with Gasteiger partial charge in [0.25, 0.3) is 0 Å². The molecule has 0 bridgehead atoms. The van der Waals surface area contributed by atoms with Crippen molar-refractivity contribution < 1.29 is 24.3 Å². The van der Waals surface area contributed by atoms with Gasteiger partial charge in [0.1, 0.15) is 5.78 Å². The monoisotopic (exact) mass is 488 g/mol. The van der Waals surface area contributed by atoms with E-state index in [1.54, 1.807) is 0 Å². The smallest absolute Gasteiger partial charge is 0.325 e. The Morgan fingerprint density at radius 3 is 1.34 bits per heavy atom. The van der Waals surface area contributed by atoms with Crippen LogP contribution in [0.4, 0.5) is 0 Å². The van der Waals surface area contributed by atoms with Crippen molar-refractivity contribution in [3.05, 3.63) is 0 Å². The molecule has 3 fully saturated rings. The summed E-state index contributed by atoms with van der Waals surface area (Å²) in [5, 5.41) is 10.3. The lowest BCUT2D eigenvalue weighted by atomic mass is 9.62. The second kappa shape index (κ2) is 13.7. The second-order valence-electron chi connectivity index (χ2n) is 11.7. The number of Topliss-reactive ketones (excluding diaryl/α,β-unsaturated/α-hetero) is 3. The van der Waals surface area contributed by atoms with Crippen molar-refractivity contribution in [3.63, 3.8) is 0 Å². The van der Waals surface area contributed by atoms with Gasteiger partial charge in [0, 0.05) is 23.7 Å². The van der Waals surface area contributed by atoms with Crippen LogP contribution < -0.4 is 0 Å². The molecule has 3 rings (SSSR count). The van der Waals surface area contributed by atoms with E-state index in [2.05, 4.69) is 6.92 Å². The molecule has 5 heteroatoms. The molecule has 0 radical (unpaired) electrons. The van der Waals surface area contributed by atoms with Crippen LogP contribution in [0.2, 0.25) is 0 Å². The molecule has 0 saturated heterocycles. The van der Waals surface area contributed by atoms with E-state index in [1.165, 1.54) is 57.8 Å². The summed E-state index contributed by atoms with van der Waals surface area (Å²) in [5.74, 6) is -4.24. The third-order valence-electron chi connectivity index (χ3n) is 8.45. The third-order valence-corrected chi connectivity index (χ3v) is 8.45. The molecule has 5 nitrogen and oxygen atoms in total. The molecule has 3 saturated carbocycles. The predicted octanol–water partition coefficient (Wildman–Crippen LogP) is 7.09. The topological polar surface area (TPSA) is 88.5 Å². The average Bonchev–Trinajstić information content (AvgIpc) is 3.70. The first kappa shape index (κ1) is 28.1. The van der Waals surface area contributed by atoms with Crippen LogP contribution in [0, 0.1) is 29.1 Å². The normalized spacial score (nSPS) is 18.9. The van der Waals surface area contributed by atoms with Crippen molar-refractivity contribution in [1.82, 2.24) is 0 Å². The molecule has 0 aromatic heterocycles. The van der Waals surface area contributed by atoms with Crippen LogP contribution in [-0.2, 0) is 19.2 Å². The number of carboxylic acid groups (broad SMARTS) is 1. The molecule has 3 aliphatic carbocycles. The first-order chi connectivity index (χ1) is 16.9. The van der Waals surface area contributed by atoms with E-state index >= 15 is 0 Å². The summed E-state index contributed by atoms with van der Waals surface area (Å²) < 4.78 is 0. The standard InChI is InChI=1S/C30H48O5/c1-2-3-4-5-6-7-8-9-10-11-12-13-14-15-25(26(31)22-16-17-22)30(29(34)35,27(32)23-18-19-23)28(33)24-20-21-24/h22-25H,2-21H2,1H3,(H,34,35). The number of aliphatic carboxylic acids is 1. The zero-order valence-corrected chi connectivity index (χ0v) is 22.0. The Morgan fingerprint density at radius 1 is 0.629 bits per heavy atom. The van der Waals surface area contributed by atoms with Crippen LogP contribution in [0.15, 0.2) is 0 Å². The maximum Gasteiger partial charge on any atom is 0.325 e. The molecule has 0 aromatic carbocycles. The fourth-order valence-electron chi connectivity index (χ4n) is 5.75. The van der Waals surface area contributed by atoms with E-state index in [4.69, 9.17) is 0 Å². The maximum atomic E-state index is 13.4. The van der Waals surface area contributed by atoms with Crippen molar-refractivity contribution in [2.75, 3.05) is 0 Å². The van der Waals surface area contributed by atoms with Gasteiger partial charge in [0.15, 0.2) is 17.0 Å². The van der Waals surface area contributed by atoms with Crippen molar-refractivity contribution in [1.29, 1.82) is 0 Å². The van der Waals surface area contributed by atoms with Gasteiger partial charge in [-0.05, 0) is 44.9 Å². The molecule has 1 unspecified atom stereocenters. The van der Waals surface area contributed by atoms with Gasteiger partial charge in [-0.3, -0.25) is 19.2 Å². The van der Waals surface area contributed by atoms with E-state index in [1.807, 2.05) is 0 Å². The third kappa shape index (κ3) is 7.73. The number of carbonyl (C=O) groups excluding carboxylic acids is 3. The van der Waals surface area contributed by atoms with Crippen molar-refractivity contribution >= 4 is 23.3 Å². The molecule has 0 heterocycles. The highest BCUT2D eigenvalue weighted by Gasteiger charge is 2.65. The Hall–Kier alpha value is -1.52. The van der Waals surface area contributed by atoms with Crippen molar-refractivity contribution in [2.45, 2.75) is 135 Å². The second-order valence-corrected chi connectivity index (χ2v) is 11.7. The molecule has 198 valence electrons. The minimum atomic E-state index is -2.13. The Labute approximate surface area is 212 Å². The Morgan fingerprint density at radius 2 is 1.00 bits per heavy atom. The van der Waals surface area contributed by atoms with Gasteiger partial charge < -0.3 is 5.11 Å². The van der Waals surface area contributed by atoms with E-state index in [0.29, 0.717) is 38.5 Å². The van der Waals surface area contributed by atoms with E-state index in [0.717, 1.165) is 32.1 Å². The number of carboxylic acids is 1. The van der Waals surface area contributed by atoms with Crippen molar-refractivity contribution in [2.24, 2.45) is 29.1 Å². The number of rotatable bonds is 22. The molecule has 0 aliphatic heterocycles. The lowest BCUT2D eigenvalue weighted by molar-refractivity contribution is -0.168. The number of carbonyl (C=O) groups is 4. The number of hydrogen-bond donors (Lipinski definition) is 1. The molecule has 0 amide bonds. The first-order valence-electron chi connectivity index (χ1n) is 14.8. The highest BCUT2D eigenvalue weighted by molar-refractivity contribution is 6.26. The summed E-state index contributed by atoms with van der Waals surface area (Å²) in [5.41, 5.74) is -2.13. The van der Waals surface area contributed by atoms with Gasteiger partial charge in [0.05, 0.1) is 0 Å². The van der Waals surface area contributed by atoms with E-state index in [9.17, 15) is 24.3 Å². The van der Waals surface area contributed by atoms with Crippen LogP contribution in [0.1, 0.15) is 135 Å². The Balaban J connectivity index is 1.48. The van der Waals surface area contributed by atoms with E-state index < -0.39 is 28.9 Å². The highest BCUT2D eigenvalue weighted by Crippen LogP contribution is 2.50. The summed E-state index contributed by atoms with van der Waals surface area (Å²) in [6.45, 7) is 2.25. The minimum Gasteiger partial charge on any atom is -0.480 e. The quantitative estimate of drug-likeness (QED) is 0.130. The zero-order chi connectivity index (χ0) is 25.3. The lowest BCUT2D eigenvalue weighted by Gasteiger charge is -2.34.